The zero-order chi connectivity index (χ0) is 46.4. The van der Waals surface area contributed by atoms with Crippen molar-refractivity contribution in [2.45, 2.75) is 110 Å². The minimum atomic E-state index is -1.16. The Morgan fingerprint density at radius 2 is 1.55 bits per heavy atom. The quantitative estimate of drug-likeness (QED) is 0.0560. The fourth-order valence-electron chi connectivity index (χ4n) is 6.62. The van der Waals surface area contributed by atoms with Gasteiger partial charge in [0.2, 0.25) is 12.3 Å². The molecule has 2 aromatic rings. The Hall–Kier alpha value is -5.30. The van der Waals surface area contributed by atoms with Crippen LogP contribution in [-0.4, -0.2) is 116 Å². The number of rotatable bonds is 31. The molecule has 0 bridgehead atoms. The van der Waals surface area contributed by atoms with Crippen LogP contribution < -0.4 is 5.73 Å². The van der Waals surface area contributed by atoms with E-state index in [1.165, 1.54) is 43.8 Å². The summed E-state index contributed by atoms with van der Waals surface area (Å²) in [6, 6.07) is 0. The molecule has 344 valence electrons. The van der Waals surface area contributed by atoms with Crippen molar-refractivity contribution in [3.63, 3.8) is 0 Å². The van der Waals surface area contributed by atoms with E-state index >= 15 is 0 Å². The molecule has 62 heavy (non-hydrogen) atoms. The predicted octanol–water partition coefficient (Wildman–Crippen LogP) is 5.21. The number of hydrogen-bond donors (Lipinski definition) is 2. The molecule has 0 spiro atoms. The molecule has 9 unspecified atom stereocenters. The number of nitrogens with two attached hydrogens (primary N) is 1. The number of ether oxygens (including phenoxy) is 5. The van der Waals surface area contributed by atoms with Crippen molar-refractivity contribution in [2.75, 3.05) is 35.5 Å². The van der Waals surface area contributed by atoms with Crippen LogP contribution in [-0.2, 0) is 42.9 Å². The fourth-order valence-corrected chi connectivity index (χ4v) is 6.62. The third-order valence-electron chi connectivity index (χ3n) is 10.6. The fraction of sp³-hybridized carbons (Fsp3) is 0.591. The lowest BCUT2D eigenvalue weighted by Crippen LogP contribution is -2.34. The molecule has 0 saturated carbocycles. The molecule has 0 fully saturated rings. The van der Waals surface area contributed by atoms with Gasteiger partial charge in [0.15, 0.2) is 11.5 Å². The van der Waals surface area contributed by atoms with Crippen LogP contribution in [0.4, 0.5) is 0 Å². The highest BCUT2D eigenvalue weighted by molar-refractivity contribution is 5.92. The van der Waals surface area contributed by atoms with E-state index in [-0.39, 0.29) is 71.9 Å². The molecule has 0 saturated heterocycles. The van der Waals surface area contributed by atoms with Crippen LogP contribution in [0.5, 0.6) is 0 Å². The Labute approximate surface area is 363 Å². The SMILES string of the molecule is COC(=O)c1coc(C=CCCC(C)C(CC(OC)C(C)CCC(=O)C(C)C(CC=CN(C)C=O)OC)OC(=O)CC(O)CC=CC(=O)C(C)C(OC)c2coc(C(N)=O)n2)n1. The highest BCUT2D eigenvalue weighted by Crippen LogP contribution is 2.28. The smallest absolute Gasteiger partial charge is 0.360 e. The first kappa shape index (κ1) is 52.8. The summed E-state index contributed by atoms with van der Waals surface area (Å²) < 4.78 is 38.0. The van der Waals surface area contributed by atoms with Crippen molar-refractivity contribution < 1.29 is 66.4 Å². The number of carbonyl (C=O) groups excluding carboxylic acids is 6. The van der Waals surface area contributed by atoms with Gasteiger partial charge in [-0.05, 0) is 56.1 Å². The number of methoxy groups -OCH3 is 4. The number of allylic oxidation sites excluding steroid dienone is 2. The highest BCUT2D eigenvalue weighted by Gasteiger charge is 2.31. The molecule has 9 atom stereocenters. The van der Waals surface area contributed by atoms with Crippen LogP contribution in [0.1, 0.15) is 118 Å². The summed E-state index contributed by atoms with van der Waals surface area (Å²) in [5.41, 5.74) is 5.47. The zero-order valence-corrected chi connectivity index (χ0v) is 37.2. The normalized spacial score (nSPS) is 16.3. The topological polar surface area (TPSA) is 250 Å². The average molecular weight is 873 g/mol. The van der Waals surface area contributed by atoms with E-state index in [9.17, 15) is 33.9 Å². The molecular formula is C44H64N4O14. The van der Waals surface area contributed by atoms with Crippen LogP contribution >= 0.6 is 0 Å². The van der Waals surface area contributed by atoms with E-state index in [4.69, 9.17) is 33.5 Å². The van der Waals surface area contributed by atoms with Crippen molar-refractivity contribution in [2.24, 2.45) is 29.4 Å². The first-order chi connectivity index (χ1) is 29.5. The summed E-state index contributed by atoms with van der Waals surface area (Å²) in [4.78, 5) is 83.0. The Balaban J connectivity index is 2.11. The van der Waals surface area contributed by atoms with E-state index in [0.29, 0.717) is 38.5 Å². The summed E-state index contributed by atoms with van der Waals surface area (Å²) >= 11 is 0. The molecule has 0 aliphatic heterocycles. The first-order valence-electron chi connectivity index (χ1n) is 20.5. The van der Waals surface area contributed by atoms with Crippen LogP contribution in [0.25, 0.3) is 6.08 Å². The summed E-state index contributed by atoms with van der Waals surface area (Å²) in [6.07, 6.45) is 11.6. The molecule has 2 heterocycles. The van der Waals surface area contributed by atoms with Gasteiger partial charge in [0, 0.05) is 53.3 Å². The Kier molecular flexibility index (Phi) is 23.5. The molecule has 0 radical (unpaired) electrons. The molecule has 18 heteroatoms. The second-order valence-electron chi connectivity index (χ2n) is 15.3. The lowest BCUT2D eigenvalue weighted by molar-refractivity contribution is -0.156. The number of hydrogen-bond acceptors (Lipinski definition) is 16. The largest absolute Gasteiger partial charge is 0.464 e. The van der Waals surface area contributed by atoms with Crippen molar-refractivity contribution in [3.05, 3.63) is 66.2 Å². The number of primary amides is 1. The summed E-state index contributed by atoms with van der Waals surface area (Å²) in [5, 5.41) is 10.8. The van der Waals surface area contributed by atoms with Gasteiger partial charge >= 0.3 is 17.8 Å². The minimum Gasteiger partial charge on any atom is -0.464 e. The maximum atomic E-state index is 13.3. The molecule has 2 rings (SSSR count). The Morgan fingerprint density at radius 1 is 0.855 bits per heavy atom. The van der Waals surface area contributed by atoms with Crippen LogP contribution in [0.2, 0.25) is 0 Å². The molecule has 2 aromatic heterocycles. The van der Waals surface area contributed by atoms with E-state index in [2.05, 4.69) is 14.7 Å². The number of nitrogens with zero attached hydrogens (tertiary/aromatic N) is 3. The molecule has 18 nitrogen and oxygen atoms in total. The van der Waals surface area contributed by atoms with E-state index < -0.39 is 54.1 Å². The van der Waals surface area contributed by atoms with Gasteiger partial charge < -0.3 is 48.3 Å². The first-order valence-corrected chi connectivity index (χ1v) is 20.5. The maximum Gasteiger partial charge on any atom is 0.360 e. The summed E-state index contributed by atoms with van der Waals surface area (Å²) in [7, 11) is 7.36. The molecule has 0 aliphatic carbocycles. The molecular weight excluding hydrogens is 808 g/mol. The van der Waals surface area contributed by atoms with Gasteiger partial charge in [0.25, 0.3) is 5.89 Å². The van der Waals surface area contributed by atoms with Crippen LogP contribution in [0.3, 0.4) is 0 Å². The lowest BCUT2D eigenvalue weighted by Gasteiger charge is -2.31. The van der Waals surface area contributed by atoms with Gasteiger partial charge in [-0.3, -0.25) is 24.0 Å². The molecule has 2 amide bonds. The maximum absolute atomic E-state index is 13.3. The number of amides is 2. The molecule has 0 aromatic carbocycles. The van der Waals surface area contributed by atoms with Gasteiger partial charge in [0.1, 0.15) is 36.2 Å². The lowest BCUT2D eigenvalue weighted by atomic mass is 9.86. The van der Waals surface area contributed by atoms with E-state index in [1.807, 2.05) is 26.8 Å². The van der Waals surface area contributed by atoms with E-state index in [0.717, 1.165) is 0 Å². The number of ketones is 2. The summed E-state index contributed by atoms with van der Waals surface area (Å²) in [5.74, 6) is -3.97. The third kappa shape index (κ3) is 17.6. The van der Waals surface area contributed by atoms with Crippen LogP contribution in [0.15, 0.2) is 51.9 Å². The third-order valence-corrected chi connectivity index (χ3v) is 10.6. The molecule has 0 aliphatic rings. The van der Waals surface area contributed by atoms with Gasteiger partial charge in [-0.25, -0.2) is 14.8 Å². The second-order valence-corrected chi connectivity index (χ2v) is 15.3. The Morgan fingerprint density at radius 3 is 2.16 bits per heavy atom. The average Bonchev–Trinajstić information content (AvgIpc) is 3.95. The van der Waals surface area contributed by atoms with Gasteiger partial charge in [-0.15, -0.1) is 0 Å². The number of oxazole rings is 2. The number of Topliss-reactive ketones (excluding diaryl/α,β-unsaturated/α-hetero) is 1. The second kappa shape index (κ2) is 27.6. The highest BCUT2D eigenvalue weighted by atomic mass is 16.5. The number of aromatic nitrogens is 2. The monoisotopic (exact) mass is 872 g/mol. The number of aliphatic hydroxyl groups excluding tert-OH is 1. The van der Waals surface area contributed by atoms with Crippen molar-refractivity contribution >= 4 is 41.9 Å². The minimum absolute atomic E-state index is 0.0231. The van der Waals surface area contributed by atoms with Gasteiger partial charge in [-0.1, -0.05) is 45.9 Å². The van der Waals surface area contributed by atoms with Crippen molar-refractivity contribution in [1.29, 1.82) is 0 Å². The van der Waals surface area contributed by atoms with Gasteiger partial charge in [0.05, 0.1) is 37.8 Å². The van der Waals surface area contributed by atoms with Gasteiger partial charge in [-0.2, -0.15) is 0 Å². The Bertz CT molecular complexity index is 1820. The number of esters is 2. The van der Waals surface area contributed by atoms with Crippen molar-refractivity contribution in [1.82, 2.24) is 14.9 Å². The standard InChI is InChI=1S/C44H64N4O14/c1-27(14-10-11-18-39-46-33(25-60-39)44(55)59-9)38(23-37(57-7)28(2)19-20-35(52)29(3)36(56-6)17-13-21-48(5)26-49)62-40(53)22-31(50)15-12-16-34(51)30(4)41(58-8)32-24-61-43(47-32)42(45)54/h11-13,16,18,21,24-31,36-38,41,50H,10,14-15,17,19-20,22-23H2,1-9H3,(H2,45,54). The molecule has 3 N–H and O–H groups in total. The summed E-state index contributed by atoms with van der Waals surface area (Å²) in [6.45, 7) is 7.34. The number of aliphatic hydroxyl groups is 1. The van der Waals surface area contributed by atoms with Crippen LogP contribution in [0, 0.1) is 23.7 Å². The zero-order valence-electron chi connectivity index (χ0n) is 37.2. The van der Waals surface area contributed by atoms with Crippen molar-refractivity contribution in [3.8, 4) is 0 Å². The van der Waals surface area contributed by atoms with E-state index in [1.54, 1.807) is 46.5 Å². The number of carbonyl (C=O) groups is 6. The predicted molar refractivity (Wildman–Crippen MR) is 225 cm³/mol.